The molecule has 5 nitrogen and oxygen atoms in total. The molecule has 3 aromatic rings. The first kappa shape index (κ1) is 19.5. The fraction of sp³-hybridized carbons (Fsp3) is 0.375. The van der Waals surface area contributed by atoms with E-state index in [4.69, 9.17) is 14.5 Å². The van der Waals surface area contributed by atoms with Gasteiger partial charge in [-0.15, -0.1) is 0 Å². The van der Waals surface area contributed by atoms with E-state index in [2.05, 4.69) is 41.4 Å². The van der Waals surface area contributed by atoms with Crippen LogP contribution in [0.15, 0.2) is 42.5 Å². The second kappa shape index (κ2) is 8.70. The summed E-state index contributed by atoms with van der Waals surface area (Å²) in [4.78, 5) is 7.51. The van der Waals surface area contributed by atoms with Gasteiger partial charge in [-0.2, -0.15) is 0 Å². The number of nitrogens with one attached hydrogen (secondary N) is 1. The van der Waals surface area contributed by atoms with Crippen molar-refractivity contribution in [1.29, 1.82) is 0 Å². The average Bonchev–Trinajstić information content (AvgIpc) is 3.28. The molecule has 1 N–H and O–H groups in total. The summed E-state index contributed by atoms with van der Waals surface area (Å²) < 4.78 is 10.8. The minimum atomic E-state index is 0.735. The number of anilines is 1. The number of hydrogen-bond donors (Lipinski definition) is 1. The van der Waals surface area contributed by atoms with Crippen molar-refractivity contribution in [2.24, 2.45) is 0 Å². The highest BCUT2D eigenvalue weighted by Gasteiger charge is 2.18. The van der Waals surface area contributed by atoms with Gasteiger partial charge in [0.2, 0.25) is 0 Å². The second-order valence-corrected chi connectivity index (χ2v) is 7.64. The Morgan fingerprint density at radius 1 is 0.966 bits per heavy atom. The lowest BCUT2D eigenvalue weighted by Crippen LogP contribution is -2.23. The number of pyridine rings is 1. The van der Waals surface area contributed by atoms with Gasteiger partial charge in [0, 0.05) is 43.2 Å². The van der Waals surface area contributed by atoms with E-state index >= 15 is 0 Å². The Labute approximate surface area is 172 Å². The van der Waals surface area contributed by atoms with Crippen molar-refractivity contribution in [2.75, 3.05) is 32.2 Å². The summed E-state index contributed by atoms with van der Waals surface area (Å²) in [6.45, 7) is 5.81. The van der Waals surface area contributed by atoms with Gasteiger partial charge in [-0.25, -0.2) is 4.98 Å². The van der Waals surface area contributed by atoms with Crippen molar-refractivity contribution in [3.63, 3.8) is 0 Å². The molecule has 4 rings (SSSR count). The number of ether oxygens (including phenoxy) is 2. The molecule has 0 saturated carbocycles. The lowest BCUT2D eigenvalue weighted by Gasteiger charge is -2.21. The Kier molecular flexibility index (Phi) is 5.86. The first-order chi connectivity index (χ1) is 14.2. The molecule has 5 heteroatoms. The molecular formula is C24H29N3O2. The van der Waals surface area contributed by atoms with Crippen LogP contribution in [0.3, 0.4) is 0 Å². The van der Waals surface area contributed by atoms with Crippen LogP contribution in [0.5, 0.6) is 11.5 Å². The number of methoxy groups -OCH3 is 2. The lowest BCUT2D eigenvalue weighted by molar-refractivity contribution is 0.393. The van der Waals surface area contributed by atoms with Crippen molar-refractivity contribution in [3.8, 4) is 11.5 Å². The van der Waals surface area contributed by atoms with E-state index < -0.39 is 0 Å². The fourth-order valence-corrected chi connectivity index (χ4v) is 4.02. The Hall–Kier alpha value is -2.79. The number of nitrogens with zero attached hydrogens (tertiary/aromatic N) is 2. The maximum Gasteiger partial charge on any atom is 0.133 e. The number of fused-ring (bicyclic) bond motifs is 1. The van der Waals surface area contributed by atoms with Crippen LogP contribution in [0, 0.1) is 6.92 Å². The van der Waals surface area contributed by atoms with Crippen LogP contribution in [0.2, 0.25) is 0 Å². The van der Waals surface area contributed by atoms with E-state index in [1.165, 1.54) is 29.4 Å². The monoisotopic (exact) mass is 391 g/mol. The van der Waals surface area contributed by atoms with Gasteiger partial charge < -0.3 is 19.7 Å². The Balaban J connectivity index is 1.58. The molecule has 0 amide bonds. The molecule has 2 heterocycles. The third kappa shape index (κ3) is 4.30. The summed E-state index contributed by atoms with van der Waals surface area (Å²) in [5.41, 5.74) is 4.72. The maximum atomic E-state index is 5.38. The topological polar surface area (TPSA) is 46.6 Å². The van der Waals surface area contributed by atoms with E-state index in [9.17, 15) is 0 Å². The second-order valence-electron chi connectivity index (χ2n) is 7.64. The van der Waals surface area contributed by atoms with E-state index in [1.54, 1.807) is 14.2 Å². The van der Waals surface area contributed by atoms with Gasteiger partial charge in [-0.05, 0) is 49.1 Å². The van der Waals surface area contributed by atoms with Crippen LogP contribution in [-0.2, 0) is 13.1 Å². The fourth-order valence-electron chi connectivity index (χ4n) is 4.02. The molecule has 2 aromatic carbocycles. The molecule has 1 aromatic heterocycles. The van der Waals surface area contributed by atoms with E-state index in [0.29, 0.717) is 0 Å². The van der Waals surface area contributed by atoms with Crippen molar-refractivity contribution < 1.29 is 9.47 Å². The molecule has 1 aliphatic rings. The number of hydrogen-bond acceptors (Lipinski definition) is 5. The highest BCUT2D eigenvalue weighted by Crippen LogP contribution is 2.28. The number of para-hydroxylation sites is 1. The minimum Gasteiger partial charge on any atom is -0.497 e. The molecule has 0 bridgehead atoms. The van der Waals surface area contributed by atoms with Crippen LogP contribution in [0.1, 0.15) is 29.5 Å². The van der Waals surface area contributed by atoms with Gasteiger partial charge in [0.05, 0.1) is 19.7 Å². The summed E-state index contributed by atoms with van der Waals surface area (Å²) in [6, 6.07) is 14.7. The number of aryl methyl sites for hydroxylation is 1. The highest BCUT2D eigenvalue weighted by molar-refractivity contribution is 5.84. The molecule has 0 aliphatic carbocycles. The van der Waals surface area contributed by atoms with Crippen LogP contribution in [-0.4, -0.2) is 32.3 Å². The number of benzene rings is 2. The van der Waals surface area contributed by atoms with Gasteiger partial charge in [-0.1, -0.05) is 18.2 Å². The zero-order chi connectivity index (χ0) is 20.2. The van der Waals surface area contributed by atoms with Crippen LogP contribution in [0.25, 0.3) is 10.9 Å². The molecule has 0 radical (unpaired) electrons. The average molecular weight is 392 g/mol. The Bertz CT molecular complexity index is 975. The first-order valence-corrected chi connectivity index (χ1v) is 10.2. The number of rotatable bonds is 7. The summed E-state index contributed by atoms with van der Waals surface area (Å²) in [5.74, 6) is 2.74. The molecule has 1 saturated heterocycles. The summed E-state index contributed by atoms with van der Waals surface area (Å²) in [5, 5.41) is 4.79. The minimum absolute atomic E-state index is 0.735. The van der Waals surface area contributed by atoms with E-state index in [1.807, 2.05) is 18.2 Å². The largest absolute Gasteiger partial charge is 0.497 e. The van der Waals surface area contributed by atoms with Crippen molar-refractivity contribution in [2.45, 2.75) is 32.9 Å². The molecule has 1 fully saturated rings. The quantitative estimate of drug-likeness (QED) is 0.645. The summed E-state index contributed by atoms with van der Waals surface area (Å²) in [7, 11) is 3.36. The van der Waals surface area contributed by atoms with Gasteiger partial charge in [0.1, 0.15) is 17.3 Å². The van der Waals surface area contributed by atoms with Crippen molar-refractivity contribution >= 4 is 16.7 Å². The lowest BCUT2D eigenvalue weighted by atomic mass is 10.1. The molecule has 0 unspecified atom stereocenters. The van der Waals surface area contributed by atoms with Crippen LogP contribution in [0.4, 0.5) is 5.82 Å². The summed E-state index contributed by atoms with van der Waals surface area (Å²) in [6.07, 6.45) is 2.48. The molecule has 1 aliphatic heterocycles. The highest BCUT2D eigenvalue weighted by atomic mass is 16.5. The molecular weight excluding hydrogens is 362 g/mol. The molecule has 29 heavy (non-hydrogen) atoms. The predicted octanol–water partition coefficient (Wildman–Crippen LogP) is 4.45. The van der Waals surface area contributed by atoms with E-state index in [-0.39, 0.29) is 0 Å². The van der Waals surface area contributed by atoms with E-state index in [0.717, 1.165) is 54.6 Å². The van der Waals surface area contributed by atoms with Gasteiger partial charge in [0.15, 0.2) is 0 Å². The Morgan fingerprint density at radius 2 is 1.69 bits per heavy atom. The number of aromatic nitrogens is 1. The normalized spacial score (nSPS) is 13.8. The third-order valence-electron chi connectivity index (χ3n) is 5.57. The zero-order valence-electron chi connectivity index (χ0n) is 17.5. The SMILES string of the molecule is COc1cc(CNCc2cc3cccc(C)c3nc2N2CCCC2)cc(OC)c1. The van der Waals surface area contributed by atoms with Gasteiger partial charge in [-0.3, -0.25) is 0 Å². The van der Waals surface area contributed by atoms with Crippen molar-refractivity contribution in [1.82, 2.24) is 10.3 Å². The van der Waals surface area contributed by atoms with Crippen LogP contribution < -0.4 is 19.7 Å². The van der Waals surface area contributed by atoms with Crippen LogP contribution >= 0.6 is 0 Å². The zero-order valence-corrected chi connectivity index (χ0v) is 17.5. The predicted molar refractivity (Wildman–Crippen MR) is 118 cm³/mol. The standard InChI is InChI=1S/C24H29N3O2/c1-17-7-6-8-19-13-20(24(26-23(17)19)27-9-4-5-10-27)16-25-15-18-11-21(28-2)14-22(12-18)29-3/h6-8,11-14,25H,4-5,9-10,15-16H2,1-3H3. The van der Waals surface area contributed by atoms with Gasteiger partial charge in [0.25, 0.3) is 0 Å². The molecule has 152 valence electrons. The first-order valence-electron chi connectivity index (χ1n) is 10.2. The molecule has 0 spiro atoms. The van der Waals surface area contributed by atoms with Gasteiger partial charge >= 0.3 is 0 Å². The maximum absolute atomic E-state index is 5.38. The smallest absolute Gasteiger partial charge is 0.133 e. The third-order valence-corrected chi connectivity index (χ3v) is 5.57. The van der Waals surface area contributed by atoms with Crippen molar-refractivity contribution in [3.05, 3.63) is 59.2 Å². The summed E-state index contributed by atoms with van der Waals surface area (Å²) >= 11 is 0. The molecule has 0 atom stereocenters. The Morgan fingerprint density at radius 3 is 2.38 bits per heavy atom.